The third kappa shape index (κ3) is 5.35. The molecule has 2 heterocycles. The molecule has 0 aliphatic rings. The molecular weight excluding hydrogens is 338 g/mol. The number of likely N-dealkylation sites (N-methyl/N-ethyl adjacent to an activating group) is 1. The predicted octanol–water partition coefficient (Wildman–Crippen LogP) is 3.87. The van der Waals surface area contributed by atoms with Crippen LogP contribution in [0.4, 0.5) is 0 Å². The normalized spacial score (nSPS) is 11.9. The van der Waals surface area contributed by atoms with Crippen LogP contribution >= 0.6 is 34.3 Å². The number of halogens is 1. The molecule has 2 rings (SSSR count). The van der Waals surface area contributed by atoms with Crippen LogP contribution in [-0.4, -0.2) is 34.9 Å². The molecule has 0 spiro atoms. The molecule has 120 valence electrons. The second kappa shape index (κ2) is 7.08. The summed E-state index contributed by atoms with van der Waals surface area (Å²) in [5.74, 6) is 0.0248. The van der Waals surface area contributed by atoms with E-state index >= 15 is 0 Å². The zero-order chi connectivity index (χ0) is 16.3. The first-order valence-electron chi connectivity index (χ1n) is 6.92. The first kappa shape index (κ1) is 17.4. The molecule has 2 aromatic rings. The molecule has 2 aromatic heterocycles. The zero-order valence-electron chi connectivity index (χ0n) is 13.1. The quantitative estimate of drug-likeness (QED) is 0.883. The van der Waals surface area contributed by atoms with Gasteiger partial charge in [0.25, 0.3) is 0 Å². The number of thiophene rings is 1. The SMILES string of the molecule is CN(CC(=O)NC(C)(C)C)Cc1nc(-c2ccc(Cl)s2)cs1. The summed E-state index contributed by atoms with van der Waals surface area (Å²) in [4.78, 5) is 19.6. The molecule has 0 aromatic carbocycles. The number of nitrogens with zero attached hydrogens (tertiary/aromatic N) is 2. The molecule has 0 saturated heterocycles. The van der Waals surface area contributed by atoms with Crippen molar-refractivity contribution in [1.29, 1.82) is 0 Å². The fourth-order valence-electron chi connectivity index (χ4n) is 1.94. The van der Waals surface area contributed by atoms with Gasteiger partial charge in [-0.1, -0.05) is 11.6 Å². The van der Waals surface area contributed by atoms with Gasteiger partial charge in [-0.15, -0.1) is 22.7 Å². The number of carbonyl (C=O) groups excluding carboxylic acids is 1. The van der Waals surface area contributed by atoms with Gasteiger partial charge in [0, 0.05) is 10.9 Å². The van der Waals surface area contributed by atoms with Crippen molar-refractivity contribution in [3.05, 3.63) is 26.9 Å². The Balaban J connectivity index is 1.91. The van der Waals surface area contributed by atoms with E-state index in [2.05, 4.69) is 10.3 Å². The zero-order valence-corrected chi connectivity index (χ0v) is 15.5. The third-order valence-electron chi connectivity index (χ3n) is 2.71. The van der Waals surface area contributed by atoms with E-state index in [9.17, 15) is 4.79 Å². The van der Waals surface area contributed by atoms with Crippen LogP contribution in [0.15, 0.2) is 17.5 Å². The summed E-state index contributed by atoms with van der Waals surface area (Å²) in [6, 6.07) is 3.86. The van der Waals surface area contributed by atoms with E-state index in [1.807, 2.05) is 50.2 Å². The average molecular weight is 358 g/mol. The number of aromatic nitrogens is 1. The topological polar surface area (TPSA) is 45.2 Å². The Morgan fingerprint density at radius 1 is 1.41 bits per heavy atom. The Hall–Kier alpha value is -0.950. The molecule has 0 radical (unpaired) electrons. The number of carbonyl (C=O) groups is 1. The molecule has 22 heavy (non-hydrogen) atoms. The van der Waals surface area contributed by atoms with Gasteiger partial charge in [0.05, 0.1) is 28.0 Å². The molecule has 7 heteroatoms. The van der Waals surface area contributed by atoms with Crippen molar-refractivity contribution in [2.24, 2.45) is 0 Å². The van der Waals surface area contributed by atoms with Gasteiger partial charge < -0.3 is 5.32 Å². The van der Waals surface area contributed by atoms with Gasteiger partial charge in [-0.25, -0.2) is 4.98 Å². The highest BCUT2D eigenvalue weighted by molar-refractivity contribution is 7.19. The molecule has 4 nitrogen and oxygen atoms in total. The first-order chi connectivity index (χ1) is 10.2. The first-order valence-corrected chi connectivity index (χ1v) is 9.00. The molecule has 0 bridgehead atoms. The summed E-state index contributed by atoms with van der Waals surface area (Å²) < 4.78 is 0.764. The van der Waals surface area contributed by atoms with E-state index in [1.54, 1.807) is 11.3 Å². The third-order valence-corrected chi connectivity index (χ3v) is 4.80. The van der Waals surface area contributed by atoms with E-state index in [-0.39, 0.29) is 11.4 Å². The van der Waals surface area contributed by atoms with Crippen LogP contribution in [0, 0.1) is 0 Å². The predicted molar refractivity (Wildman–Crippen MR) is 94.7 cm³/mol. The van der Waals surface area contributed by atoms with Crippen molar-refractivity contribution in [2.45, 2.75) is 32.9 Å². The number of thiazole rings is 1. The molecular formula is C15H20ClN3OS2. The van der Waals surface area contributed by atoms with Crippen LogP contribution in [-0.2, 0) is 11.3 Å². The van der Waals surface area contributed by atoms with Crippen LogP contribution in [0.5, 0.6) is 0 Å². The van der Waals surface area contributed by atoms with Crippen molar-refractivity contribution in [1.82, 2.24) is 15.2 Å². The number of hydrogen-bond acceptors (Lipinski definition) is 5. The van der Waals surface area contributed by atoms with Crippen LogP contribution in [0.1, 0.15) is 25.8 Å². The molecule has 0 aliphatic carbocycles. The summed E-state index contributed by atoms with van der Waals surface area (Å²) in [5, 5.41) is 5.98. The number of hydrogen-bond donors (Lipinski definition) is 1. The van der Waals surface area contributed by atoms with Gasteiger partial charge >= 0.3 is 0 Å². The summed E-state index contributed by atoms with van der Waals surface area (Å²) in [6.45, 7) is 6.94. The van der Waals surface area contributed by atoms with E-state index in [1.165, 1.54) is 11.3 Å². The van der Waals surface area contributed by atoms with E-state index in [0.717, 1.165) is 19.9 Å². The minimum absolute atomic E-state index is 0.0248. The summed E-state index contributed by atoms with van der Waals surface area (Å²) in [7, 11) is 1.92. The van der Waals surface area contributed by atoms with E-state index < -0.39 is 0 Å². The number of amides is 1. The van der Waals surface area contributed by atoms with Gasteiger partial charge in [0.1, 0.15) is 5.01 Å². The molecule has 0 aliphatic heterocycles. The highest BCUT2D eigenvalue weighted by Gasteiger charge is 2.16. The summed E-state index contributed by atoms with van der Waals surface area (Å²) >= 11 is 9.08. The Morgan fingerprint density at radius 3 is 2.73 bits per heavy atom. The van der Waals surface area contributed by atoms with Gasteiger partial charge in [-0.3, -0.25) is 9.69 Å². The highest BCUT2D eigenvalue weighted by atomic mass is 35.5. The fourth-order valence-corrected chi connectivity index (χ4v) is 3.89. The number of rotatable bonds is 5. The Bertz CT molecular complexity index is 645. The van der Waals surface area contributed by atoms with Crippen molar-refractivity contribution < 1.29 is 4.79 Å². The maximum atomic E-state index is 11.9. The number of nitrogens with one attached hydrogen (secondary N) is 1. The lowest BCUT2D eigenvalue weighted by Gasteiger charge is -2.22. The second-order valence-corrected chi connectivity index (χ2v) is 8.86. The average Bonchev–Trinajstić information content (AvgIpc) is 2.95. The largest absolute Gasteiger partial charge is 0.350 e. The van der Waals surface area contributed by atoms with Gasteiger partial charge in [0.15, 0.2) is 0 Å². The van der Waals surface area contributed by atoms with E-state index in [0.29, 0.717) is 13.1 Å². The molecule has 1 amide bonds. The van der Waals surface area contributed by atoms with Crippen LogP contribution in [0.25, 0.3) is 10.6 Å². The summed E-state index contributed by atoms with van der Waals surface area (Å²) in [5.41, 5.74) is 0.745. The maximum Gasteiger partial charge on any atom is 0.234 e. The Labute approximate surface area is 144 Å². The Morgan fingerprint density at radius 2 is 2.14 bits per heavy atom. The molecule has 0 atom stereocenters. The van der Waals surface area contributed by atoms with Gasteiger partial charge in [0.2, 0.25) is 5.91 Å². The Kier molecular flexibility index (Phi) is 5.60. The van der Waals surface area contributed by atoms with Crippen LogP contribution in [0.3, 0.4) is 0 Å². The molecule has 0 unspecified atom stereocenters. The second-order valence-electron chi connectivity index (χ2n) is 6.20. The van der Waals surface area contributed by atoms with Crippen molar-refractivity contribution >= 4 is 40.2 Å². The molecule has 1 N–H and O–H groups in total. The van der Waals surface area contributed by atoms with Crippen molar-refractivity contribution in [2.75, 3.05) is 13.6 Å². The van der Waals surface area contributed by atoms with E-state index in [4.69, 9.17) is 11.6 Å². The molecule has 0 saturated carbocycles. The lowest BCUT2D eigenvalue weighted by molar-refractivity contribution is -0.123. The van der Waals surface area contributed by atoms with Gasteiger partial charge in [-0.2, -0.15) is 0 Å². The molecule has 0 fully saturated rings. The van der Waals surface area contributed by atoms with Gasteiger partial charge in [-0.05, 0) is 40.0 Å². The maximum absolute atomic E-state index is 11.9. The minimum atomic E-state index is -0.204. The smallest absolute Gasteiger partial charge is 0.234 e. The van der Waals surface area contributed by atoms with Crippen LogP contribution in [0.2, 0.25) is 4.34 Å². The van der Waals surface area contributed by atoms with Crippen molar-refractivity contribution in [3.63, 3.8) is 0 Å². The lowest BCUT2D eigenvalue weighted by atomic mass is 10.1. The monoisotopic (exact) mass is 357 g/mol. The fraction of sp³-hybridized carbons (Fsp3) is 0.467. The van der Waals surface area contributed by atoms with Crippen molar-refractivity contribution in [3.8, 4) is 10.6 Å². The standard InChI is InChI=1S/C15H20ClN3OS2/c1-15(2,3)18-13(20)7-19(4)8-14-17-10(9-21-14)11-5-6-12(16)22-11/h5-6,9H,7-8H2,1-4H3,(H,18,20). The van der Waals surface area contributed by atoms with Crippen LogP contribution < -0.4 is 5.32 Å². The minimum Gasteiger partial charge on any atom is -0.350 e. The lowest BCUT2D eigenvalue weighted by Crippen LogP contribution is -2.45. The highest BCUT2D eigenvalue weighted by Crippen LogP contribution is 2.31. The summed E-state index contributed by atoms with van der Waals surface area (Å²) in [6.07, 6.45) is 0.